The van der Waals surface area contributed by atoms with Gasteiger partial charge in [0.25, 0.3) is 10.0 Å². The van der Waals surface area contributed by atoms with Gasteiger partial charge in [-0.15, -0.1) is 11.3 Å². The number of nitrogens with one attached hydrogen (secondary N) is 2. The summed E-state index contributed by atoms with van der Waals surface area (Å²) in [5.74, 6) is 0.337. The molecule has 0 spiro atoms. The van der Waals surface area contributed by atoms with Crippen molar-refractivity contribution in [3.63, 3.8) is 0 Å². The lowest BCUT2D eigenvalue weighted by molar-refractivity contribution is 0.581. The summed E-state index contributed by atoms with van der Waals surface area (Å²) < 4.78 is 27.5. The van der Waals surface area contributed by atoms with Crippen LogP contribution in [0.1, 0.15) is 24.4 Å². The van der Waals surface area contributed by atoms with Crippen LogP contribution in [0.15, 0.2) is 34.5 Å². The summed E-state index contributed by atoms with van der Waals surface area (Å²) in [6.07, 6.45) is 0. The highest BCUT2D eigenvalue weighted by atomic mass is 32.2. The van der Waals surface area contributed by atoms with Crippen LogP contribution in [0.2, 0.25) is 0 Å². The molecule has 0 aliphatic rings. The van der Waals surface area contributed by atoms with E-state index in [1.165, 1.54) is 11.3 Å². The number of sulfonamides is 1. The first kappa shape index (κ1) is 15.9. The number of hydrogen-bond donors (Lipinski definition) is 2. The first-order valence-corrected chi connectivity index (χ1v) is 9.01. The molecule has 2 N–H and O–H groups in total. The highest BCUT2D eigenvalue weighted by Crippen LogP contribution is 2.24. The highest BCUT2D eigenvalue weighted by Gasteiger charge is 2.20. The molecule has 21 heavy (non-hydrogen) atoms. The number of thiophene rings is 1. The Balaban J connectivity index is 2.22. The van der Waals surface area contributed by atoms with Crippen molar-refractivity contribution in [2.45, 2.75) is 38.3 Å². The smallest absolute Gasteiger partial charge is 0.264 e. The van der Waals surface area contributed by atoms with Crippen molar-refractivity contribution < 1.29 is 8.42 Å². The molecule has 0 aliphatic carbocycles. The van der Waals surface area contributed by atoms with E-state index in [-0.39, 0.29) is 0 Å². The van der Waals surface area contributed by atoms with Crippen molar-refractivity contribution in [3.05, 3.63) is 40.2 Å². The van der Waals surface area contributed by atoms with Crippen LogP contribution in [0.3, 0.4) is 0 Å². The maximum atomic E-state index is 12.5. The normalized spacial score (nSPS) is 11.8. The van der Waals surface area contributed by atoms with Gasteiger partial charge in [0.05, 0.1) is 0 Å². The fraction of sp³-hybridized carbons (Fsp3) is 0.357. The van der Waals surface area contributed by atoms with Crippen molar-refractivity contribution >= 4 is 27.2 Å². The third kappa shape index (κ3) is 4.26. The Morgan fingerprint density at radius 1 is 1.29 bits per heavy atom. The Morgan fingerprint density at radius 2 is 2.05 bits per heavy atom. The van der Waals surface area contributed by atoms with E-state index in [2.05, 4.69) is 15.0 Å². The maximum absolute atomic E-state index is 12.5. The molecule has 0 unspecified atom stereocenters. The summed E-state index contributed by atoms with van der Waals surface area (Å²) in [4.78, 5) is 5.27. The van der Waals surface area contributed by atoms with Crippen LogP contribution in [0.5, 0.6) is 0 Å². The predicted octanol–water partition coefficient (Wildman–Crippen LogP) is 2.75. The molecule has 2 aromatic rings. The number of aromatic nitrogens is 1. The standard InChI is InChI=1S/C14H19N3O2S2/c1-10(2)15-9-12-13(7-8-20-12)21(18,19)17-14-6-4-5-11(3)16-14/h4-8,10,15H,9H2,1-3H3,(H,16,17). The average Bonchev–Trinajstić information content (AvgIpc) is 2.85. The van der Waals surface area contributed by atoms with Crippen molar-refractivity contribution in [1.82, 2.24) is 10.3 Å². The fourth-order valence-corrected chi connectivity index (χ4v) is 4.18. The van der Waals surface area contributed by atoms with E-state index in [9.17, 15) is 8.42 Å². The topological polar surface area (TPSA) is 71.1 Å². The van der Waals surface area contributed by atoms with Crippen molar-refractivity contribution in [2.75, 3.05) is 4.72 Å². The molecule has 2 heterocycles. The van der Waals surface area contributed by atoms with Gasteiger partial charge < -0.3 is 5.32 Å². The maximum Gasteiger partial charge on any atom is 0.264 e. The van der Waals surface area contributed by atoms with Crippen LogP contribution in [0.25, 0.3) is 0 Å². The van der Waals surface area contributed by atoms with Gasteiger partial charge in [0.1, 0.15) is 10.7 Å². The monoisotopic (exact) mass is 325 g/mol. The minimum absolute atomic E-state index is 0.300. The Hall–Kier alpha value is -1.44. The van der Waals surface area contributed by atoms with Gasteiger partial charge in [-0.3, -0.25) is 4.72 Å². The van der Waals surface area contributed by atoms with Crippen LogP contribution >= 0.6 is 11.3 Å². The van der Waals surface area contributed by atoms with Gasteiger partial charge in [-0.2, -0.15) is 0 Å². The van der Waals surface area contributed by atoms with Gasteiger partial charge in [0.2, 0.25) is 0 Å². The van der Waals surface area contributed by atoms with E-state index in [0.29, 0.717) is 23.3 Å². The van der Waals surface area contributed by atoms with E-state index in [4.69, 9.17) is 0 Å². The number of anilines is 1. The SMILES string of the molecule is Cc1cccc(NS(=O)(=O)c2ccsc2CNC(C)C)n1. The molecule has 0 aromatic carbocycles. The molecule has 0 saturated carbocycles. The Labute approximate surface area is 129 Å². The Kier molecular flexibility index (Phi) is 4.97. The highest BCUT2D eigenvalue weighted by molar-refractivity contribution is 7.92. The third-order valence-electron chi connectivity index (χ3n) is 2.79. The molecule has 0 fully saturated rings. The van der Waals surface area contributed by atoms with E-state index in [0.717, 1.165) is 10.6 Å². The molecular formula is C14H19N3O2S2. The summed E-state index contributed by atoms with van der Waals surface area (Å²) in [5.41, 5.74) is 0.766. The summed E-state index contributed by atoms with van der Waals surface area (Å²) in [5, 5.41) is 5.02. The lowest BCUT2D eigenvalue weighted by Gasteiger charge is -2.10. The fourth-order valence-electron chi connectivity index (χ4n) is 1.79. The van der Waals surface area contributed by atoms with Gasteiger partial charge in [-0.05, 0) is 30.5 Å². The van der Waals surface area contributed by atoms with Crippen LogP contribution in [-0.4, -0.2) is 19.4 Å². The van der Waals surface area contributed by atoms with Crippen molar-refractivity contribution in [3.8, 4) is 0 Å². The molecule has 0 bridgehead atoms. The van der Waals surface area contributed by atoms with Gasteiger partial charge in [-0.1, -0.05) is 19.9 Å². The molecule has 0 amide bonds. The van der Waals surface area contributed by atoms with Crippen LogP contribution in [-0.2, 0) is 16.6 Å². The van der Waals surface area contributed by atoms with Crippen LogP contribution < -0.4 is 10.0 Å². The second-order valence-electron chi connectivity index (χ2n) is 5.01. The number of hydrogen-bond acceptors (Lipinski definition) is 5. The lowest BCUT2D eigenvalue weighted by atomic mass is 10.4. The molecule has 0 aliphatic heterocycles. The second kappa shape index (κ2) is 6.55. The molecular weight excluding hydrogens is 306 g/mol. The molecule has 0 saturated heterocycles. The van der Waals surface area contributed by atoms with Crippen LogP contribution in [0, 0.1) is 6.92 Å². The van der Waals surface area contributed by atoms with Crippen molar-refractivity contribution in [2.24, 2.45) is 0 Å². The Bertz CT molecular complexity index is 709. The lowest BCUT2D eigenvalue weighted by Crippen LogP contribution is -2.23. The van der Waals surface area contributed by atoms with E-state index in [1.807, 2.05) is 26.8 Å². The van der Waals surface area contributed by atoms with E-state index < -0.39 is 10.0 Å². The summed E-state index contributed by atoms with van der Waals surface area (Å²) in [7, 11) is -3.61. The minimum atomic E-state index is -3.61. The minimum Gasteiger partial charge on any atom is -0.310 e. The third-order valence-corrected chi connectivity index (χ3v) is 5.28. The van der Waals surface area contributed by atoms with Crippen LogP contribution in [0.4, 0.5) is 5.82 Å². The molecule has 0 atom stereocenters. The number of aryl methyl sites for hydroxylation is 1. The zero-order valence-electron chi connectivity index (χ0n) is 12.3. The summed E-state index contributed by atoms with van der Waals surface area (Å²) in [6, 6.07) is 7.16. The van der Waals surface area contributed by atoms with E-state index >= 15 is 0 Å². The average molecular weight is 325 g/mol. The molecule has 2 aromatic heterocycles. The largest absolute Gasteiger partial charge is 0.310 e. The van der Waals surface area contributed by atoms with Gasteiger partial charge >= 0.3 is 0 Å². The molecule has 0 radical (unpaired) electrons. The Morgan fingerprint density at radius 3 is 2.71 bits per heavy atom. The second-order valence-corrected chi connectivity index (χ2v) is 7.66. The van der Waals surface area contributed by atoms with Gasteiger partial charge in [0.15, 0.2) is 0 Å². The number of rotatable bonds is 6. The van der Waals surface area contributed by atoms with Gasteiger partial charge in [-0.25, -0.2) is 13.4 Å². The summed E-state index contributed by atoms with van der Waals surface area (Å²) in [6.45, 7) is 6.40. The molecule has 2 rings (SSSR count). The zero-order valence-corrected chi connectivity index (χ0v) is 13.9. The quantitative estimate of drug-likeness (QED) is 0.857. The molecule has 114 valence electrons. The molecule has 7 heteroatoms. The zero-order chi connectivity index (χ0) is 15.5. The van der Waals surface area contributed by atoms with Gasteiger partial charge in [0, 0.05) is 23.2 Å². The first-order chi connectivity index (χ1) is 9.88. The summed E-state index contributed by atoms with van der Waals surface area (Å²) >= 11 is 1.43. The van der Waals surface area contributed by atoms with E-state index in [1.54, 1.807) is 23.6 Å². The number of nitrogens with zero attached hydrogens (tertiary/aromatic N) is 1. The van der Waals surface area contributed by atoms with Crippen molar-refractivity contribution in [1.29, 1.82) is 0 Å². The first-order valence-electron chi connectivity index (χ1n) is 6.65. The molecule has 5 nitrogen and oxygen atoms in total. The number of pyridine rings is 1. The predicted molar refractivity (Wildman–Crippen MR) is 86.1 cm³/mol.